The number of benzene rings is 1. The molecule has 0 unspecified atom stereocenters. The van der Waals surface area contributed by atoms with Gasteiger partial charge in [0.25, 0.3) is 0 Å². The third-order valence-corrected chi connectivity index (χ3v) is 8.13. The van der Waals surface area contributed by atoms with Crippen LogP contribution in [-0.2, 0) is 27.5 Å². The van der Waals surface area contributed by atoms with Crippen LogP contribution in [-0.4, -0.2) is 44.6 Å². The Kier molecular flexibility index (Phi) is 5.73. The molecular formula is C23H29NO7S. The second-order valence-electron chi connectivity index (χ2n) is 9.28. The zero-order chi connectivity index (χ0) is 23.3. The Balaban J connectivity index is 1.62. The highest BCUT2D eigenvalue weighted by molar-refractivity contribution is 7.91. The fourth-order valence-electron chi connectivity index (χ4n) is 4.58. The van der Waals surface area contributed by atoms with E-state index in [2.05, 4.69) is 5.32 Å². The molecule has 1 amide bonds. The summed E-state index contributed by atoms with van der Waals surface area (Å²) >= 11 is 0. The van der Waals surface area contributed by atoms with Crippen molar-refractivity contribution in [3.8, 4) is 11.5 Å². The first-order valence-electron chi connectivity index (χ1n) is 10.8. The summed E-state index contributed by atoms with van der Waals surface area (Å²) in [5, 5.41) is 3.47. The van der Waals surface area contributed by atoms with Crippen LogP contribution >= 0.6 is 0 Å². The molecule has 1 atom stereocenters. The normalized spacial score (nSPS) is 21.1. The van der Waals surface area contributed by atoms with Crippen LogP contribution in [0.1, 0.15) is 49.8 Å². The Morgan fingerprint density at radius 1 is 1.34 bits per heavy atom. The van der Waals surface area contributed by atoms with Gasteiger partial charge in [0, 0.05) is 29.7 Å². The number of sulfone groups is 1. The van der Waals surface area contributed by atoms with Crippen LogP contribution < -0.4 is 20.4 Å². The summed E-state index contributed by atoms with van der Waals surface area (Å²) in [5.74, 6) is 0.998. The lowest BCUT2D eigenvalue weighted by atomic mass is 9.91. The van der Waals surface area contributed by atoms with Crippen LogP contribution in [0.5, 0.6) is 11.5 Å². The zero-order valence-electron chi connectivity index (χ0n) is 18.9. The van der Waals surface area contributed by atoms with Crippen LogP contribution in [0.4, 0.5) is 0 Å². The highest BCUT2D eigenvalue weighted by Crippen LogP contribution is 2.43. The van der Waals surface area contributed by atoms with E-state index in [4.69, 9.17) is 13.9 Å². The first-order valence-corrected chi connectivity index (χ1v) is 12.7. The average molecular weight is 464 g/mol. The van der Waals surface area contributed by atoms with Crippen LogP contribution in [0.15, 0.2) is 15.3 Å². The van der Waals surface area contributed by atoms with Crippen molar-refractivity contribution in [2.45, 2.75) is 64.5 Å². The van der Waals surface area contributed by atoms with Crippen molar-refractivity contribution in [2.24, 2.45) is 0 Å². The number of nitrogens with one attached hydrogen (secondary N) is 1. The van der Waals surface area contributed by atoms with Crippen molar-refractivity contribution >= 4 is 26.7 Å². The van der Waals surface area contributed by atoms with Crippen LogP contribution in [0.25, 0.3) is 11.0 Å². The number of rotatable bonds is 5. The Morgan fingerprint density at radius 2 is 2.09 bits per heavy atom. The minimum absolute atomic E-state index is 0.0307. The molecule has 32 heavy (non-hydrogen) atoms. The Hall–Kier alpha value is -2.55. The average Bonchev–Trinajstić information content (AvgIpc) is 3.04. The van der Waals surface area contributed by atoms with E-state index in [9.17, 15) is 18.0 Å². The second kappa shape index (κ2) is 8.10. The monoisotopic (exact) mass is 463 g/mol. The molecule has 3 heterocycles. The number of ether oxygens (including phenoxy) is 2. The molecule has 4 rings (SSSR count). The summed E-state index contributed by atoms with van der Waals surface area (Å²) in [6.45, 7) is 5.87. The van der Waals surface area contributed by atoms with Gasteiger partial charge in [-0.25, -0.2) is 13.2 Å². The standard InChI is InChI=1S/C23H29NO7S/c1-13-15(5-6-19(25)24-14-8-10-32(27,28)12-14)22(26)30-21-16-7-9-23(2,3)31-17(16)11-18(29-4)20(13)21/h11,14H,5-10,12H2,1-4H3,(H,24,25)/t14-/m1/s1. The fourth-order valence-corrected chi connectivity index (χ4v) is 6.25. The third-order valence-electron chi connectivity index (χ3n) is 6.36. The molecule has 174 valence electrons. The highest BCUT2D eigenvalue weighted by Gasteiger charge is 2.31. The minimum Gasteiger partial charge on any atom is -0.496 e. The first-order chi connectivity index (χ1) is 15.0. The van der Waals surface area contributed by atoms with Gasteiger partial charge in [-0.3, -0.25) is 4.79 Å². The van der Waals surface area contributed by atoms with Crippen molar-refractivity contribution < 1.29 is 27.1 Å². The van der Waals surface area contributed by atoms with E-state index in [0.29, 0.717) is 34.5 Å². The molecule has 0 radical (unpaired) electrons. The molecule has 1 N–H and O–H groups in total. The Bertz CT molecular complexity index is 1240. The molecular weight excluding hydrogens is 434 g/mol. The number of aryl methyl sites for hydroxylation is 2. The molecule has 8 nitrogen and oxygen atoms in total. The Morgan fingerprint density at radius 3 is 2.75 bits per heavy atom. The highest BCUT2D eigenvalue weighted by atomic mass is 32.2. The lowest BCUT2D eigenvalue weighted by Gasteiger charge is -2.33. The van der Waals surface area contributed by atoms with Gasteiger partial charge in [0.1, 0.15) is 22.7 Å². The van der Waals surface area contributed by atoms with E-state index in [-0.39, 0.29) is 41.9 Å². The van der Waals surface area contributed by atoms with E-state index < -0.39 is 15.5 Å². The third kappa shape index (κ3) is 4.35. The van der Waals surface area contributed by atoms with Gasteiger partial charge in [0.2, 0.25) is 5.91 Å². The summed E-state index contributed by atoms with van der Waals surface area (Å²) < 4.78 is 40.6. The smallest absolute Gasteiger partial charge is 0.339 e. The maximum Gasteiger partial charge on any atom is 0.339 e. The molecule has 9 heteroatoms. The number of carbonyl (C=O) groups is 1. The molecule has 1 fully saturated rings. The number of methoxy groups -OCH3 is 1. The van der Waals surface area contributed by atoms with Crippen LogP contribution in [0, 0.1) is 6.92 Å². The number of fused-ring (bicyclic) bond motifs is 3. The molecule has 2 aliphatic rings. The molecule has 1 aromatic heterocycles. The largest absolute Gasteiger partial charge is 0.496 e. The predicted molar refractivity (Wildman–Crippen MR) is 120 cm³/mol. The number of carbonyl (C=O) groups excluding carboxylic acids is 1. The molecule has 0 aliphatic carbocycles. The lowest BCUT2D eigenvalue weighted by Crippen LogP contribution is -2.35. The van der Waals surface area contributed by atoms with Crippen molar-refractivity contribution in [1.82, 2.24) is 5.32 Å². The van der Waals surface area contributed by atoms with Gasteiger partial charge in [-0.2, -0.15) is 0 Å². The van der Waals surface area contributed by atoms with Gasteiger partial charge in [-0.05, 0) is 52.0 Å². The predicted octanol–water partition coefficient (Wildman–Crippen LogP) is 2.45. The van der Waals surface area contributed by atoms with Gasteiger partial charge >= 0.3 is 5.63 Å². The van der Waals surface area contributed by atoms with Crippen molar-refractivity contribution in [1.29, 1.82) is 0 Å². The van der Waals surface area contributed by atoms with E-state index >= 15 is 0 Å². The summed E-state index contributed by atoms with van der Waals surface area (Å²) in [6, 6.07) is 1.47. The SMILES string of the molecule is COc1cc2c(c3oc(=O)c(CCC(=O)N[C@@H]4CCS(=O)(=O)C4)c(C)c13)CCC(C)(C)O2. The summed E-state index contributed by atoms with van der Waals surface area (Å²) in [6.07, 6.45) is 2.20. The zero-order valence-corrected chi connectivity index (χ0v) is 19.7. The number of hydrogen-bond acceptors (Lipinski definition) is 7. The second-order valence-corrected chi connectivity index (χ2v) is 11.5. The molecule has 2 aromatic rings. The maximum atomic E-state index is 12.8. The molecule has 0 saturated carbocycles. The molecule has 0 bridgehead atoms. The van der Waals surface area contributed by atoms with Gasteiger partial charge < -0.3 is 19.2 Å². The van der Waals surface area contributed by atoms with Crippen LogP contribution in [0.2, 0.25) is 0 Å². The quantitative estimate of drug-likeness (QED) is 0.678. The summed E-state index contributed by atoms with van der Waals surface area (Å²) in [4.78, 5) is 25.2. The summed E-state index contributed by atoms with van der Waals surface area (Å²) in [7, 11) is -1.51. The van der Waals surface area contributed by atoms with Crippen LogP contribution in [0.3, 0.4) is 0 Å². The van der Waals surface area contributed by atoms with Gasteiger partial charge in [0.15, 0.2) is 9.84 Å². The first kappa shape index (κ1) is 22.6. The van der Waals surface area contributed by atoms with Gasteiger partial charge in [-0.15, -0.1) is 0 Å². The molecule has 0 spiro atoms. The van der Waals surface area contributed by atoms with Crippen molar-refractivity contribution in [2.75, 3.05) is 18.6 Å². The lowest BCUT2D eigenvalue weighted by molar-refractivity contribution is -0.121. The fraction of sp³-hybridized carbons (Fsp3) is 0.565. The number of amides is 1. The topological polar surface area (TPSA) is 112 Å². The van der Waals surface area contributed by atoms with Gasteiger partial charge in [0.05, 0.1) is 24.0 Å². The van der Waals surface area contributed by atoms with Crippen molar-refractivity contribution in [3.63, 3.8) is 0 Å². The molecule has 1 saturated heterocycles. The molecule has 1 aromatic carbocycles. The summed E-state index contributed by atoms with van der Waals surface area (Å²) in [5.41, 5.74) is 1.67. The van der Waals surface area contributed by atoms with E-state index in [0.717, 1.165) is 24.0 Å². The van der Waals surface area contributed by atoms with E-state index in [1.54, 1.807) is 7.11 Å². The van der Waals surface area contributed by atoms with E-state index in [1.165, 1.54) is 0 Å². The van der Waals surface area contributed by atoms with E-state index in [1.807, 2.05) is 26.8 Å². The Labute approximate surface area is 187 Å². The van der Waals surface area contributed by atoms with Crippen molar-refractivity contribution in [3.05, 3.63) is 33.2 Å². The van der Waals surface area contributed by atoms with Gasteiger partial charge in [-0.1, -0.05) is 0 Å². The number of hydrogen-bond donors (Lipinski definition) is 1. The molecule has 2 aliphatic heterocycles. The maximum absolute atomic E-state index is 12.8. The minimum atomic E-state index is -3.07.